The number of rotatable bonds is 5. The Bertz CT molecular complexity index is 458. The SMILES string of the molecule is COc1ccc(O)c(CC(NC(C)=O)C(=O)O)c1. The van der Waals surface area contributed by atoms with Crippen molar-refractivity contribution >= 4 is 11.9 Å². The number of hydrogen-bond donors (Lipinski definition) is 3. The summed E-state index contributed by atoms with van der Waals surface area (Å²) in [6.45, 7) is 1.24. The molecule has 18 heavy (non-hydrogen) atoms. The molecule has 0 spiro atoms. The summed E-state index contributed by atoms with van der Waals surface area (Å²) < 4.78 is 4.99. The standard InChI is InChI=1S/C12H15NO5/c1-7(14)13-10(12(16)17)6-8-5-9(18-2)3-4-11(8)15/h3-5,10,15H,6H2,1-2H3,(H,13,14)(H,16,17). The lowest BCUT2D eigenvalue weighted by atomic mass is 10.0. The predicted octanol–water partition coefficient (Wildman–Crippen LogP) is 0.533. The van der Waals surface area contributed by atoms with Crippen molar-refractivity contribution in [1.29, 1.82) is 0 Å². The van der Waals surface area contributed by atoms with E-state index in [9.17, 15) is 14.7 Å². The third kappa shape index (κ3) is 3.65. The fourth-order valence-corrected chi connectivity index (χ4v) is 1.52. The molecule has 0 bridgehead atoms. The number of carboxylic acids is 1. The van der Waals surface area contributed by atoms with Crippen LogP contribution in [0.1, 0.15) is 12.5 Å². The highest BCUT2D eigenvalue weighted by molar-refractivity contribution is 5.82. The Morgan fingerprint density at radius 3 is 2.61 bits per heavy atom. The summed E-state index contributed by atoms with van der Waals surface area (Å²) in [7, 11) is 1.47. The van der Waals surface area contributed by atoms with Gasteiger partial charge in [0.15, 0.2) is 0 Å². The molecule has 1 aromatic carbocycles. The van der Waals surface area contributed by atoms with Crippen LogP contribution in [0.15, 0.2) is 18.2 Å². The first-order valence-corrected chi connectivity index (χ1v) is 5.30. The molecule has 3 N–H and O–H groups in total. The van der Waals surface area contributed by atoms with Gasteiger partial charge in [-0.2, -0.15) is 0 Å². The third-order valence-electron chi connectivity index (χ3n) is 2.39. The van der Waals surface area contributed by atoms with Crippen LogP contribution >= 0.6 is 0 Å². The second-order valence-electron chi connectivity index (χ2n) is 3.79. The number of amides is 1. The molecule has 0 saturated carbocycles. The van der Waals surface area contributed by atoms with Crippen LogP contribution in [0.5, 0.6) is 11.5 Å². The molecule has 0 aliphatic carbocycles. The van der Waals surface area contributed by atoms with E-state index in [1.165, 1.54) is 26.2 Å². The molecular formula is C12H15NO5. The first kappa shape index (κ1) is 13.8. The summed E-state index contributed by atoms with van der Waals surface area (Å²) in [6.07, 6.45) is -0.0159. The number of carbonyl (C=O) groups excluding carboxylic acids is 1. The largest absolute Gasteiger partial charge is 0.508 e. The summed E-state index contributed by atoms with van der Waals surface area (Å²) in [4.78, 5) is 21.9. The number of ether oxygens (including phenoxy) is 1. The molecule has 0 aliphatic rings. The minimum Gasteiger partial charge on any atom is -0.508 e. The molecule has 1 rings (SSSR count). The second-order valence-corrected chi connectivity index (χ2v) is 3.79. The van der Waals surface area contributed by atoms with Gasteiger partial charge in [0.25, 0.3) is 0 Å². The number of aliphatic carboxylic acids is 1. The highest BCUT2D eigenvalue weighted by atomic mass is 16.5. The molecule has 0 aliphatic heterocycles. The number of aromatic hydroxyl groups is 1. The molecule has 0 radical (unpaired) electrons. The van der Waals surface area contributed by atoms with Crippen LogP contribution in [0.2, 0.25) is 0 Å². The molecule has 6 heteroatoms. The predicted molar refractivity (Wildman–Crippen MR) is 63.6 cm³/mol. The van der Waals surface area contributed by atoms with Crippen LogP contribution < -0.4 is 10.1 Å². The first-order valence-electron chi connectivity index (χ1n) is 5.30. The Labute approximate surface area is 104 Å². The Morgan fingerprint density at radius 1 is 1.44 bits per heavy atom. The monoisotopic (exact) mass is 253 g/mol. The van der Waals surface area contributed by atoms with Gasteiger partial charge in [-0.15, -0.1) is 0 Å². The fraction of sp³-hybridized carbons (Fsp3) is 0.333. The van der Waals surface area contributed by atoms with Crippen molar-refractivity contribution in [2.75, 3.05) is 7.11 Å². The van der Waals surface area contributed by atoms with Crippen LogP contribution in [0, 0.1) is 0 Å². The molecule has 1 aromatic rings. The first-order chi connectivity index (χ1) is 8.43. The number of carbonyl (C=O) groups is 2. The van der Waals surface area contributed by atoms with E-state index in [0.29, 0.717) is 11.3 Å². The summed E-state index contributed by atoms with van der Waals surface area (Å²) in [5.74, 6) is -1.13. The van der Waals surface area contributed by atoms with Crippen LogP contribution in [-0.4, -0.2) is 35.2 Å². The molecule has 6 nitrogen and oxygen atoms in total. The van der Waals surface area contributed by atoms with Gasteiger partial charge in [0.2, 0.25) is 5.91 Å². The molecule has 1 amide bonds. The zero-order valence-electron chi connectivity index (χ0n) is 10.1. The lowest BCUT2D eigenvalue weighted by molar-refractivity contribution is -0.141. The highest BCUT2D eigenvalue weighted by Crippen LogP contribution is 2.24. The van der Waals surface area contributed by atoms with E-state index in [1.54, 1.807) is 6.07 Å². The number of carboxylic acid groups (broad SMARTS) is 1. The van der Waals surface area contributed by atoms with Crippen LogP contribution in [0.4, 0.5) is 0 Å². The number of nitrogens with one attached hydrogen (secondary N) is 1. The molecule has 98 valence electrons. The lowest BCUT2D eigenvalue weighted by Gasteiger charge is -2.14. The van der Waals surface area contributed by atoms with Gasteiger partial charge in [-0.25, -0.2) is 4.79 Å². The van der Waals surface area contributed by atoms with E-state index < -0.39 is 17.9 Å². The van der Waals surface area contributed by atoms with Gasteiger partial charge in [-0.05, 0) is 18.2 Å². The van der Waals surface area contributed by atoms with Crippen molar-refractivity contribution in [3.63, 3.8) is 0 Å². The molecular weight excluding hydrogens is 238 g/mol. The smallest absolute Gasteiger partial charge is 0.326 e. The van der Waals surface area contributed by atoms with Gasteiger partial charge in [0, 0.05) is 18.9 Å². The molecule has 0 fully saturated rings. The maximum atomic E-state index is 11.0. The van der Waals surface area contributed by atoms with Crippen LogP contribution in [0.25, 0.3) is 0 Å². The topological polar surface area (TPSA) is 95.9 Å². The summed E-state index contributed by atoms with van der Waals surface area (Å²) in [5, 5.41) is 20.9. The average molecular weight is 253 g/mol. The van der Waals surface area contributed by atoms with Crippen LogP contribution in [-0.2, 0) is 16.0 Å². The third-order valence-corrected chi connectivity index (χ3v) is 2.39. The van der Waals surface area contributed by atoms with Gasteiger partial charge >= 0.3 is 5.97 Å². The van der Waals surface area contributed by atoms with E-state index in [-0.39, 0.29) is 12.2 Å². The van der Waals surface area contributed by atoms with Crippen molar-refractivity contribution in [3.05, 3.63) is 23.8 Å². The molecule has 1 atom stereocenters. The highest BCUT2D eigenvalue weighted by Gasteiger charge is 2.20. The van der Waals surface area contributed by atoms with E-state index >= 15 is 0 Å². The number of methoxy groups -OCH3 is 1. The number of phenols is 1. The van der Waals surface area contributed by atoms with Crippen molar-refractivity contribution in [2.24, 2.45) is 0 Å². The Balaban J connectivity index is 2.92. The Hall–Kier alpha value is -2.24. The summed E-state index contributed by atoms with van der Waals surface area (Å²) in [6, 6.07) is 3.43. The van der Waals surface area contributed by atoms with Gasteiger partial charge in [-0.1, -0.05) is 0 Å². The number of phenolic OH excluding ortho intramolecular Hbond substituents is 1. The zero-order valence-corrected chi connectivity index (χ0v) is 10.1. The number of benzene rings is 1. The van der Waals surface area contributed by atoms with E-state index in [2.05, 4.69) is 5.32 Å². The van der Waals surface area contributed by atoms with E-state index in [4.69, 9.17) is 9.84 Å². The maximum Gasteiger partial charge on any atom is 0.326 e. The average Bonchev–Trinajstić information content (AvgIpc) is 2.30. The fourth-order valence-electron chi connectivity index (χ4n) is 1.52. The molecule has 0 saturated heterocycles. The van der Waals surface area contributed by atoms with Gasteiger partial charge in [0.05, 0.1) is 7.11 Å². The van der Waals surface area contributed by atoms with Crippen molar-refractivity contribution in [1.82, 2.24) is 5.32 Å². The van der Waals surface area contributed by atoms with Crippen molar-refractivity contribution in [2.45, 2.75) is 19.4 Å². The van der Waals surface area contributed by atoms with Crippen molar-refractivity contribution in [3.8, 4) is 11.5 Å². The van der Waals surface area contributed by atoms with Gasteiger partial charge in [-0.3, -0.25) is 4.79 Å². The van der Waals surface area contributed by atoms with Gasteiger partial charge < -0.3 is 20.3 Å². The Kier molecular flexibility index (Phi) is 4.53. The minimum atomic E-state index is -1.16. The normalized spacial score (nSPS) is 11.7. The zero-order chi connectivity index (χ0) is 13.7. The minimum absolute atomic E-state index is 0.0159. The number of hydrogen-bond acceptors (Lipinski definition) is 4. The maximum absolute atomic E-state index is 11.0. The summed E-state index contributed by atoms with van der Waals surface area (Å²) in [5.41, 5.74) is 0.399. The Morgan fingerprint density at radius 2 is 2.11 bits per heavy atom. The van der Waals surface area contributed by atoms with Gasteiger partial charge in [0.1, 0.15) is 17.5 Å². The molecule has 0 heterocycles. The van der Waals surface area contributed by atoms with Crippen molar-refractivity contribution < 1.29 is 24.5 Å². The summed E-state index contributed by atoms with van der Waals surface area (Å²) >= 11 is 0. The quantitative estimate of drug-likeness (QED) is 0.711. The van der Waals surface area contributed by atoms with Crippen LogP contribution in [0.3, 0.4) is 0 Å². The lowest BCUT2D eigenvalue weighted by Crippen LogP contribution is -2.41. The second kappa shape index (κ2) is 5.90. The molecule has 0 aromatic heterocycles. The molecule has 1 unspecified atom stereocenters. The van der Waals surface area contributed by atoms with E-state index in [0.717, 1.165) is 0 Å². The van der Waals surface area contributed by atoms with E-state index in [1.807, 2.05) is 0 Å².